The van der Waals surface area contributed by atoms with E-state index in [1.54, 1.807) is 0 Å². The normalized spacial score (nSPS) is 24.8. The zero-order valence-corrected chi connectivity index (χ0v) is 13.4. The van der Waals surface area contributed by atoms with E-state index in [0.29, 0.717) is 5.92 Å². The fourth-order valence-corrected chi connectivity index (χ4v) is 3.46. The Balaban J connectivity index is 1.85. The summed E-state index contributed by atoms with van der Waals surface area (Å²) in [5.41, 5.74) is -0.0388. The molecule has 4 nitrogen and oxygen atoms in total. The molecule has 0 aromatic rings. The van der Waals surface area contributed by atoms with Crippen LogP contribution in [0.2, 0.25) is 0 Å². The molecule has 118 valence electrons. The number of piperazine rings is 1. The highest BCUT2D eigenvalue weighted by molar-refractivity contribution is 5.03. The van der Waals surface area contributed by atoms with Crippen LogP contribution in [0.5, 0.6) is 0 Å². The first-order valence-corrected chi connectivity index (χ1v) is 8.54. The lowest BCUT2D eigenvalue weighted by molar-refractivity contribution is 0.0601. The van der Waals surface area contributed by atoms with Gasteiger partial charge in [0, 0.05) is 32.7 Å². The maximum Gasteiger partial charge on any atom is 0.0628 e. The summed E-state index contributed by atoms with van der Waals surface area (Å²) in [4.78, 5) is 5.12. The summed E-state index contributed by atoms with van der Waals surface area (Å²) in [6.45, 7) is 12.7. The van der Waals surface area contributed by atoms with Gasteiger partial charge in [-0.15, -0.1) is 0 Å². The molecule has 0 aromatic heterocycles. The standard InChI is InChI=1S/C16H33N3O/c1-3-7-17-16(14-20,15-5-6-15)13-19-11-9-18(8-4-2)10-12-19/h15,17,20H,3-14H2,1-2H3. The fourth-order valence-electron chi connectivity index (χ4n) is 3.46. The average molecular weight is 283 g/mol. The van der Waals surface area contributed by atoms with E-state index >= 15 is 0 Å². The summed E-state index contributed by atoms with van der Waals surface area (Å²) in [5, 5.41) is 13.7. The molecule has 1 saturated heterocycles. The predicted molar refractivity (Wildman–Crippen MR) is 84.0 cm³/mol. The molecule has 1 saturated carbocycles. The van der Waals surface area contributed by atoms with Crippen LogP contribution in [0.15, 0.2) is 0 Å². The summed E-state index contributed by atoms with van der Waals surface area (Å²) in [6, 6.07) is 0. The molecule has 1 unspecified atom stereocenters. The van der Waals surface area contributed by atoms with E-state index in [1.165, 1.54) is 38.9 Å². The minimum absolute atomic E-state index is 0.0388. The highest BCUT2D eigenvalue weighted by atomic mass is 16.3. The van der Waals surface area contributed by atoms with Gasteiger partial charge in [-0.3, -0.25) is 4.90 Å². The molecule has 4 heteroatoms. The Morgan fingerprint density at radius 1 is 1.05 bits per heavy atom. The second-order valence-electron chi connectivity index (χ2n) is 6.63. The topological polar surface area (TPSA) is 38.7 Å². The third-order valence-corrected chi connectivity index (χ3v) is 4.88. The van der Waals surface area contributed by atoms with Gasteiger partial charge in [0.05, 0.1) is 12.1 Å². The Kier molecular flexibility index (Phi) is 6.27. The van der Waals surface area contributed by atoms with E-state index in [4.69, 9.17) is 0 Å². The molecule has 1 aliphatic carbocycles. The van der Waals surface area contributed by atoms with Crippen LogP contribution in [0.25, 0.3) is 0 Å². The van der Waals surface area contributed by atoms with Crippen LogP contribution in [0.1, 0.15) is 39.5 Å². The lowest BCUT2D eigenvalue weighted by Gasteiger charge is -2.42. The van der Waals surface area contributed by atoms with E-state index < -0.39 is 0 Å². The van der Waals surface area contributed by atoms with Gasteiger partial charge < -0.3 is 15.3 Å². The first kappa shape index (κ1) is 16.2. The van der Waals surface area contributed by atoms with E-state index in [-0.39, 0.29) is 12.1 Å². The molecule has 2 N–H and O–H groups in total. The number of nitrogens with one attached hydrogen (secondary N) is 1. The average Bonchev–Trinajstić information content (AvgIpc) is 3.31. The number of aliphatic hydroxyl groups excluding tert-OH is 1. The van der Waals surface area contributed by atoms with E-state index in [0.717, 1.165) is 32.6 Å². The molecule has 1 heterocycles. The SMILES string of the molecule is CCCNC(CO)(CN1CCN(CCC)CC1)C1CC1. The number of hydrogen-bond acceptors (Lipinski definition) is 4. The first-order valence-electron chi connectivity index (χ1n) is 8.54. The van der Waals surface area contributed by atoms with Gasteiger partial charge in [-0.25, -0.2) is 0 Å². The monoisotopic (exact) mass is 283 g/mol. The van der Waals surface area contributed by atoms with Crippen molar-refractivity contribution in [2.45, 2.75) is 45.1 Å². The van der Waals surface area contributed by atoms with Gasteiger partial charge in [-0.05, 0) is 44.7 Å². The summed E-state index contributed by atoms with van der Waals surface area (Å²) in [5.74, 6) is 0.688. The molecule has 1 aliphatic heterocycles. The summed E-state index contributed by atoms with van der Waals surface area (Å²) >= 11 is 0. The summed E-state index contributed by atoms with van der Waals surface area (Å²) < 4.78 is 0. The Bertz CT molecular complexity index is 275. The number of nitrogens with zero attached hydrogens (tertiary/aromatic N) is 2. The van der Waals surface area contributed by atoms with Gasteiger partial charge in [-0.2, -0.15) is 0 Å². The molecular formula is C16H33N3O. The molecule has 0 bridgehead atoms. The van der Waals surface area contributed by atoms with Gasteiger partial charge in [0.2, 0.25) is 0 Å². The molecule has 20 heavy (non-hydrogen) atoms. The maximum absolute atomic E-state index is 9.98. The lowest BCUT2D eigenvalue weighted by atomic mass is 9.92. The van der Waals surface area contributed by atoms with Gasteiger partial charge in [-0.1, -0.05) is 13.8 Å². The van der Waals surface area contributed by atoms with Crippen LogP contribution in [-0.4, -0.2) is 72.9 Å². The van der Waals surface area contributed by atoms with Crippen molar-refractivity contribution in [2.24, 2.45) is 5.92 Å². The van der Waals surface area contributed by atoms with Crippen molar-refractivity contribution in [1.82, 2.24) is 15.1 Å². The van der Waals surface area contributed by atoms with Crippen molar-refractivity contribution in [3.8, 4) is 0 Å². The molecule has 0 aromatic carbocycles. The van der Waals surface area contributed by atoms with Crippen molar-refractivity contribution < 1.29 is 5.11 Å². The molecule has 0 spiro atoms. The second-order valence-corrected chi connectivity index (χ2v) is 6.63. The van der Waals surface area contributed by atoms with E-state index in [9.17, 15) is 5.11 Å². The van der Waals surface area contributed by atoms with Crippen molar-refractivity contribution in [1.29, 1.82) is 0 Å². The molecule has 2 rings (SSSR count). The summed E-state index contributed by atoms with van der Waals surface area (Å²) in [6.07, 6.45) is 4.96. The quantitative estimate of drug-likeness (QED) is 0.666. The molecule has 2 aliphatic rings. The number of rotatable bonds is 9. The van der Waals surface area contributed by atoms with Gasteiger partial charge in [0.25, 0.3) is 0 Å². The van der Waals surface area contributed by atoms with Gasteiger partial charge >= 0.3 is 0 Å². The number of aliphatic hydroxyl groups is 1. The van der Waals surface area contributed by atoms with Crippen LogP contribution in [-0.2, 0) is 0 Å². The third-order valence-electron chi connectivity index (χ3n) is 4.88. The highest BCUT2D eigenvalue weighted by Gasteiger charge is 2.45. The van der Waals surface area contributed by atoms with Crippen LogP contribution in [0.4, 0.5) is 0 Å². The third kappa shape index (κ3) is 4.17. The van der Waals surface area contributed by atoms with Crippen LogP contribution < -0.4 is 5.32 Å². The molecule has 2 fully saturated rings. The smallest absolute Gasteiger partial charge is 0.0628 e. The highest BCUT2D eigenvalue weighted by Crippen LogP contribution is 2.40. The number of hydrogen-bond donors (Lipinski definition) is 2. The Labute approximate surface area is 124 Å². The minimum Gasteiger partial charge on any atom is -0.394 e. The predicted octanol–water partition coefficient (Wildman–Crippen LogP) is 1.15. The largest absolute Gasteiger partial charge is 0.394 e. The van der Waals surface area contributed by atoms with Crippen molar-refractivity contribution in [3.05, 3.63) is 0 Å². The fraction of sp³-hybridized carbons (Fsp3) is 1.00. The molecule has 0 amide bonds. The summed E-state index contributed by atoms with van der Waals surface area (Å²) in [7, 11) is 0. The zero-order valence-electron chi connectivity index (χ0n) is 13.4. The zero-order chi connectivity index (χ0) is 14.4. The maximum atomic E-state index is 9.98. The molecular weight excluding hydrogens is 250 g/mol. The minimum atomic E-state index is -0.0388. The van der Waals surface area contributed by atoms with Crippen molar-refractivity contribution in [3.63, 3.8) is 0 Å². The Hall–Kier alpha value is -0.160. The van der Waals surface area contributed by atoms with E-state index in [1.807, 2.05) is 0 Å². The molecule has 1 atom stereocenters. The van der Waals surface area contributed by atoms with Crippen LogP contribution in [0.3, 0.4) is 0 Å². The first-order chi connectivity index (χ1) is 9.74. The van der Waals surface area contributed by atoms with Crippen molar-refractivity contribution >= 4 is 0 Å². The van der Waals surface area contributed by atoms with Crippen LogP contribution in [0, 0.1) is 5.92 Å². The van der Waals surface area contributed by atoms with Gasteiger partial charge in [0.1, 0.15) is 0 Å². The van der Waals surface area contributed by atoms with Gasteiger partial charge in [0.15, 0.2) is 0 Å². The molecule has 0 radical (unpaired) electrons. The van der Waals surface area contributed by atoms with Crippen molar-refractivity contribution in [2.75, 3.05) is 52.4 Å². The lowest BCUT2D eigenvalue weighted by Crippen LogP contribution is -2.60. The Morgan fingerprint density at radius 2 is 1.70 bits per heavy atom. The Morgan fingerprint density at radius 3 is 2.20 bits per heavy atom. The van der Waals surface area contributed by atoms with E-state index in [2.05, 4.69) is 29.0 Å². The van der Waals surface area contributed by atoms with Crippen LogP contribution >= 0.6 is 0 Å². The second kappa shape index (κ2) is 7.74.